The molecule has 0 radical (unpaired) electrons. The zero-order chi connectivity index (χ0) is 16.0. The van der Waals surface area contributed by atoms with Gasteiger partial charge in [-0.15, -0.1) is 0 Å². The Morgan fingerprint density at radius 3 is 2.67 bits per heavy atom. The van der Waals surface area contributed by atoms with Gasteiger partial charge < -0.3 is 36.2 Å². The number of hydrogen-bond acceptors (Lipinski definition) is 8. The first-order valence-corrected chi connectivity index (χ1v) is 5.99. The van der Waals surface area contributed by atoms with Crippen molar-refractivity contribution < 1.29 is 29.4 Å². The molecule has 2 amide bonds. The van der Waals surface area contributed by atoms with Crippen LogP contribution in [0.3, 0.4) is 0 Å². The van der Waals surface area contributed by atoms with Gasteiger partial charge in [0.1, 0.15) is 0 Å². The van der Waals surface area contributed by atoms with Crippen molar-refractivity contribution >= 4 is 12.0 Å². The molecule has 1 rings (SSSR count). The fourth-order valence-corrected chi connectivity index (χ4v) is 1.31. The number of aliphatic hydroxyl groups is 2. The third kappa shape index (κ3) is 4.98. The van der Waals surface area contributed by atoms with Crippen molar-refractivity contribution in [1.82, 2.24) is 20.8 Å². The van der Waals surface area contributed by atoms with Gasteiger partial charge in [0.15, 0.2) is 11.9 Å². The summed E-state index contributed by atoms with van der Waals surface area (Å²) >= 11 is 0. The molecule has 1 heterocycles. The molecule has 1 aromatic rings. The molecule has 1 unspecified atom stereocenters. The van der Waals surface area contributed by atoms with Crippen LogP contribution in [0.25, 0.3) is 0 Å². The van der Waals surface area contributed by atoms with Crippen LogP contribution in [-0.2, 0) is 11.3 Å². The molecule has 0 saturated carbocycles. The monoisotopic (exact) mass is 303 g/mol. The molecule has 0 aliphatic carbocycles. The second-order valence-corrected chi connectivity index (χ2v) is 4.22. The zero-order valence-corrected chi connectivity index (χ0v) is 11.2. The van der Waals surface area contributed by atoms with Crippen molar-refractivity contribution in [1.29, 1.82) is 0 Å². The number of nitrogens with one attached hydrogen (secondary N) is 2. The quantitative estimate of drug-likeness (QED) is 0.322. The second kappa shape index (κ2) is 7.52. The van der Waals surface area contributed by atoms with E-state index in [1.165, 1.54) is 6.92 Å². The topological polar surface area (TPSA) is 184 Å². The Morgan fingerprint density at radius 1 is 1.48 bits per heavy atom. The third-order valence-electron chi connectivity index (χ3n) is 2.45. The average molecular weight is 303 g/mol. The summed E-state index contributed by atoms with van der Waals surface area (Å²) in [5.41, 5.74) is 5.47. The molecule has 11 nitrogen and oxygen atoms in total. The summed E-state index contributed by atoms with van der Waals surface area (Å²) < 4.78 is 4.78. The lowest BCUT2D eigenvalue weighted by Gasteiger charge is -2.16. The molecule has 0 fully saturated rings. The minimum Gasteiger partial charge on any atom is -0.480 e. The van der Waals surface area contributed by atoms with Gasteiger partial charge in [-0.3, -0.25) is 0 Å². The molecule has 0 saturated heterocycles. The molecule has 0 aromatic carbocycles. The number of rotatable bonds is 7. The smallest absolute Gasteiger partial charge is 0.328 e. The van der Waals surface area contributed by atoms with Crippen molar-refractivity contribution in [3.63, 3.8) is 0 Å². The van der Waals surface area contributed by atoms with Crippen LogP contribution in [0.15, 0.2) is 4.52 Å². The normalized spacial score (nSPS) is 15.0. The maximum atomic E-state index is 11.5. The van der Waals surface area contributed by atoms with Gasteiger partial charge >= 0.3 is 12.0 Å². The molecular formula is C10H17N5O6. The van der Waals surface area contributed by atoms with Gasteiger partial charge in [-0.2, -0.15) is 4.98 Å². The lowest BCUT2D eigenvalue weighted by molar-refractivity contribution is -0.141. The first-order chi connectivity index (χ1) is 9.85. The predicted molar refractivity (Wildman–Crippen MR) is 66.8 cm³/mol. The fraction of sp³-hybridized carbons (Fsp3) is 0.600. The third-order valence-corrected chi connectivity index (χ3v) is 2.45. The Balaban J connectivity index is 2.49. The minimum atomic E-state index is -1.44. The van der Waals surface area contributed by atoms with E-state index in [1.54, 1.807) is 0 Å². The Bertz CT molecular complexity index is 490. The lowest BCUT2D eigenvalue weighted by Crippen LogP contribution is -2.51. The number of carbonyl (C=O) groups excluding carboxylic acids is 1. The minimum absolute atomic E-state index is 0.0352. The Kier molecular flexibility index (Phi) is 6.02. The first-order valence-electron chi connectivity index (χ1n) is 5.99. The molecule has 3 atom stereocenters. The van der Waals surface area contributed by atoms with E-state index in [0.717, 1.165) is 0 Å². The summed E-state index contributed by atoms with van der Waals surface area (Å²) in [4.78, 5) is 26.1. The van der Waals surface area contributed by atoms with Gasteiger partial charge in [-0.1, -0.05) is 5.16 Å². The summed E-state index contributed by atoms with van der Waals surface area (Å²) in [5, 5.41) is 34.7. The molecular weight excluding hydrogens is 286 g/mol. The van der Waals surface area contributed by atoms with Gasteiger partial charge in [0.05, 0.1) is 25.3 Å². The number of nitrogens with zero attached hydrogens (tertiary/aromatic N) is 2. The van der Waals surface area contributed by atoms with Crippen LogP contribution in [-0.4, -0.2) is 56.2 Å². The van der Waals surface area contributed by atoms with E-state index in [-0.39, 0.29) is 24.9 Å². The number of carboxylic acid groups (broad SMARTS) is 1. The molecule has 0 bridgehead atoms. The molecule has 0 aliphatic heterocycles. The summed E-state index contributed by atoms with van der Waals surface area (Å²) in [5.74, 6) is -1.25. The van der Waals surface area contributed by atoms with E-state index < -0.39 is 30.2 Å². The summed E-state index contributed by atoms with van der Waals surface area (Å²) in [6, 6.07) is -3.05. The molecule has 0 spiro atoms. The SMILES string of the molecule is CC(O)[C@H](NC(=O)NCc1nc([C@@H](N)CO)no1)C(=O)O. The lowest BCUT2D eigenvalue weighted by atomic mass is 10.2. The summed E-state index contributed by atoms with van der Waals surface area (Å²) in [6.45, 7) is 0.713. The van der Waals surface area contributed by atoms with E-state index in [0.29, 0.717) is 0 Å². The number of aromatic nitrogens is 2. The molecule has 0 aliphatic rings. The number of nitrogens with two attached hydrogens (primary N) is 1. The van der Waals surface area contributed by atoms with E-state index in [4.69, 9.17) is 20.5 Å². The zero-order valence-electron chi connectivity index (χ0n) is 11.2. The van der Waals surface area contributed by atoms with Crippen LogP contribution in [0.2, 0.25) is 0 Å². The summed E-state index contributed by atoms with van der Waals surface area (Å²) in [7, 11) is 0. The van der Waals surface area contributed by atoms with Gasteiger partial charge in [0.2, 0.25) is 5.89 Å². The predicted octanol–water partition coefficient (Wildman–Crippen LogP) is -2.31. The van der Waals surface area contributed by atoms with Crippen LogP contribution in [0.1, 0.15) is 24.7 Å². The van der Waals surface area contributed by atoms with Crippen LogP contribution in [0.5, 0.6) is 0 Å². The van der Waals surface area contributed by atoms with Gasteiger partial charge in [-0.25, -0.2) is 9.59 Å². The van der Waals surface area contributed by atoms with Gasteiger partial charge in [0, 0.05) is 0 Å². The molecule has 118 valence electrons. The Hall–Kier alpha value is -2.24. The highest BCUT2D eigenvalue weighted by molar-refractivity contribution is 5.82. The number of hydrogen-bond donors (Lipinski definition) is 6. The summed E-state index contributed by atoms with van der Waals surface area (Å²) in [6.07, 6.45) is -1.26. The molecule has 7 N–H and O–H groups in total. The van der Waals surface area contributed by atoms with E-state index in [1.807, 2.05) is 0 Å². The van der Waals surface area contributed by atoms with Crippen LogP contribution in [0, 0.1) is 0 Å². The maximum Gasteiger partial charge on any atom is 0.328 e. The Morgan fingerprint density at radius 2 is 2.14 bits per heavy atom. The Labute approximate surface area is 119 Å². The van der Waals surface area contributed by atoms with E-state index in [9.17, 15) is 14.7 Å². The van der Waals surface area contributed by atoms with E-state index >= 15 is 0 Å². The van der Waals surface area contributed by atoms with Crippen molar-refractivity contribution in [2.24, 2.45) is 5.73 Å². The fourth-order valence-electron chi connectivity index (χ4n) is 1.31. The largest absolute Gasteiger partial charge is 0.480 e. The highest BCUT2D eigenvalue weighted by atomic mass is 16.5. The van der Waals surface area contributed by atoms with Crippen LogP contribution >= 0.6 is 0 Å². The first kappa shape index (κ1) is 16.8. The molecule has 11 heteroatoms. The van der Waals surface area contributed by atoms with Crippen molar-refractivity contribution in [2.45, 2.75) is 31.7 Å². The number of carbonyl (C=O) groups is 2. The number of amides is 2. The number of carboxylic acids is 1. The number of aliphatic hydroxyl groups excluding tert-OH is 2. The molecule has 21 heavy (non-hydrogen) atoms. The average Bonchev–Trinajstić information content (AvgIpc) is 2.89. The highest BCUT2D eigenvalue weighted by Crippen LogP contribution is 2.04. The van der Waals surface area contributed by atoms with Gasteiger partial charge in [0.25, 0.3) is 0 Å². The maximum absolute atomic E-state index is 11.5. The van der Waals surface area contributed by atoms with Crippen LogP contribution in [0.4, 0.5) is 4.79 Å². The second-order valence-electron chi connectivity index (χ2n) is 4.22. The number of aliphatic carboxylic acids is 1. The van der Waals surface area contributed by atoms with E-state index in [2.05, 4.69) is 20.8 Å². The van der Waals surface area contributed by atoms with Crippen molar-refractivity contribution in [3.8, 4) is 0 Å². The standard InChI is InChI=1S/C10H17N5O6/c1-4(17)7(9(18)19)14-10(20)12-2-6-13-8(15-21-6)5(11)3-16/h4-5,7,16-17H,2-3,11H2,1H3,(H,18,19)(H2,12,14,20)/t4?,5-,7-/m0/s1. The van der Waals surface area contributed by atoms with Gasteiger partial charge in [-0.05, 0) is 6.92 Å². The highest BCUT2D eigenvalue weighted by Gasteiger charge is 2.25. The molecule has 1 aromatic heterocycles. The van der Waals surface area contributed by atoms with Crippen molar-refractivity contribution in [2.75, 3.05) is 6.61 Å². The van der Waals surface area contributed by atoms with Crippen LogP contribution < -0.4 is 16.4 Å². The number of urea groups is 1. The van der Waals surface area contributed by atoms with Crippen molar-refractivity contribution in [3.05, 3.63) is 11.7 Å².